The molecule has 0 aliphatic carbocycles. The summed E-state index contributed by atoms with van der Waals surface area (Å²) in [6.07, 6.45) is 1.67. The normalized spacial score (nSPS) is 22.8. The second-order valence-corrected chi connectivity index (χ2v) is 4.04. The van der Waals surface area contributed by atoms with Crippen LogP contribution < -0.4 is 0 Å². The number of ether oxygens (including phenoxy) is 1. The summed E-state index contributed by atoms with van der Waals surface area (Å²) >= 11 is 0. The summed E-state index contributed by atoms with van der Waals surface area (Å²) in [6, 6.07) is 8.79. The van der Waals surface area contributed by atoms with Crippen molar-refractivity contribution in [1.82, 2.24) is 0 Å². The van der Waals surface area contributed by atoms with E-state index in [9.17, 15) is 0 Å². The molecule has 0 N–H and O–H groups in total. The van der Waals surface area contributed by atoms with Crippen molar-refractivity contribution in [3.63, 3.8) is 0 Å². The van der Waals surface area contributed by atoms with Crippen molar-refractivity contribution < 1.29 is 4.74 Å². The number of aryl methyl sites for hydroxylation is 1. The first-order valence-electron chi connectivity index (χ1n) is 4.93. The van der Waals surface area contributed by atoms with Crippen molar-refractivity contribution in [3.8, 4) is 0 Å². The highest BCUT2D eigenvalue weighted by Crippen LogP contribution is 2.23. The van der Waals surface area contributed by atoms with Gasteiger partial charge in [-0.15, -0.1) is 0 Å². The lowest BCUT2D eigenvalue weighted by molar-refractivity contribution is 0.341. The van der Waals surface area contributed by atoms with Crippen molar-refractivity contribution >= 4 is 0 Å². The summed E-state index contributed by atoms with van der Waals surface area (Å²) in [5, 5.41) is 0. The minimum absolute atomic E-state index is 0.529. The van der Waals surface area contributed by atoms with Crippen LogP contribution in [0.3, 0.4) is 0 Å². The van der Waals surface area contributed by atoms with Crippen LogP contribution in [0.2, 0.25) is 0 Å². The standard InChI is InChI=1S/C12H16O/c1-9-3-5-11(6-4-9)7-10(2)12-8-13-12/h3-6,10,12H,7-8H2,1-2H3/t10?,12-/m1/s1. The van der Waals surface area contributed by atoms with E-state index in [1.165, 1.54) is 11.1 Å². The summed E-state index contributed by atoms with van der Waals surface area (Å²) in [7, 11) is 0. The Bertz CT molecular complexity index is 272. The molecule has 70 valence electrons. The van der Waals surface area contributed by atoms with E-state index in [0.717, 1.165) is 13.0 Å². The molecule has 1 aromatic carbocycles. The van der Waals surface area contributed by atoms with Gasteiger partial charge in [-0.05, 0) is 24.8 Å². The van der Waals surface area contributed by atoms with Crippen LogP contribution in [0.4, 0.5) is 0 Å². The zero-order valence-electron chi connectivity index (χ0n) is 8.29. The van der Waals surface area contributed by atoms with Crippen molar-refractivity contribution in [3.05, 3.63) is 35.4 Å². The van der Waals surface area contributed by atoms with E-state index < -0.39 is 0 Å². The van der Waals surface area contributed by atoms with Gasteiger partial charge in [0, 0.05) is 0 Å². The molecule has 0 radical (unpaired) electrons. The van der Waals surface area contributed by atoms with E-state index in [-0.39, 0.29) is 0 Å². The summed E-state index contributed by atoms with van der Waals surface area (Å²) in [6.45, 7) is 5.35. The van der Waals surface area contributed by atoms with Crippen LogP contribution in [0.15, 0.2) is 24.3 Å². The van der Waals surface area contributed by atoms with Crippen LogP contribution in [0.5, 0.6) is 0 Å². The molecule has 0 amide bonds. The lowest BCUT2D eigenvalue weighted by Crippen LogP contribution is -2.06. The first-order valence-corrected chi connectivity index (χ1v) is 4.93. The molecule has 1 heterocycles. The SMILES string of the molecule is Cc1ccc(CC(C)[C@H]2CO2)cc1. The van der Waals surface area contributed by atoms with E-state index in [2.05, 4.69) is 38.1 Å². The average Bonchev–Trinajstić information content (AvgIpc) is 2.91. The van der Waals surface area contributed by atoms with Gasteiger partial charge in [-0.3, -0.25) is 0 Å². The molecule has 1 aliphatic rings. The van der Waals surface area contributed by atoms with Gasteiger partial charge in [0.25, 0.3) is 0 Å². The van der Waals surface area contributed by atoms with Gasteiger partial charge in [0.15, 0.2) is 0 Å². The summed E-state index contributed by atoms with van der Waals surface area (Å²) in [4.78, 5) is 0. The van der Waals surface area contributed by atoms with E-state index in [1.807, 2.05) is 0 Å². The third-order valence-corrected chi connectivity index (χ3v) is 2.67. The molecule has 13 heavy (non-hydrogen) atoms. The molecule has 1 aliphatic heterocycles. The minimum Gasteiger partial charge on any atom is -0.373 e. The van der Waals surface area contributed by atoms with Gasteiger partial charge in [0.1, 0.15) is 0 Å². The molecule has 1 heteroatoms. The van der Waals surface area contributed by atoms with Gasteiger partial charge in [-0.25, -0.2) is 0 Å². The molecule has 2 atom stereocenters. The summed E-state index contributed by atoms with van der Waals surface area (Å²) in [5.74, 6) is 0.669. The smallest absolute Gasteiger partial charge is 0.0838 e. The van der Waals surface area contributed by atoms with E-state index >= 15 is 0 Å². The van der Waals surface area contributed by atoms with Gasteiger partial charge in [-0.1, -0.05) is 36.8 Å². The quantitative estimate of drug-likeness (QED) is 0.645. The van der Waals surface area contributed by atoms with Crippen LogP contribution in [0.1, 0.15) is 18.1 Å². The maximum Gasteiger partial charge on any atom is 0.0838 e. The maximum absolute atomic E-state index is 5.27. The third kappa shape index (κ3) is 2.31. The largest absolute Gasteiger partial charge is 0.373 e. The van der Waals surface area contributed by atoms with Crippen molar-refractivity contribution in [1.29, 1.82) is 0 Å². The topological polar surface area (TPSA) is 12.5 Å². The molecule has 0 aromatic heterocycles. The molecule has 1 unspecified atom stereocenters. The molecule has 1 fully saturated rings. The number of hydrogen-bond donors (Lipinski definition) is 0. The highest BCUT2D eigenvalue weighted by molar-refractivity contribution is 5.21. The Morgan fingerprint density at radius 2 is 2.00 bits per heavy atom. The Kier molecular flexibility index (Phi) is 2.36. The zero-order chi connectivity index (χ0) is 9.26. The molecule has 0 saturated carbocycles. The van der Waals surface area contributed by atoms with Crippen LogP contribution in [0.25, 0.3) is 0 Å². The Morgan fingerprint density at radius 1 is 1.38 bits per heavy atom. The van der Waals surface area contributed by atoms with Crippen LogP contribution in [0, 0.1) is 12.8 Å². The summed E-state index contributed by atoms with van der Waals surface area (Å²) < 4.78 is 5.27. The fourth-order valence-corrected chi connectivity index (χ4v) is 1.61. The predicted octanol–water partition coefficient (Wildman–Crippen LogP) is 2.57. The zero-order valence-corrected chi connectivity index (χ0v) is 8.29. The van der Waals surface area contributed by atoms with Gasteiger partial charge in [0.2, 0.25) is 0 Å². The monoisotopic (exact) mass is 176 g/mol. The molecule has 2 rings (SSSR count). The molecule has 1 nitrogen and oxygen atoms in total. The van der Waals surface area contributed by atoms with Gasteiger partial charge >= 0.3 is 0 Å². The second kappa shape index (κ2) is 3.51. The van der Waals surface area contributed by atoms with Gasteiger partial charge in [-0.2, -0.15) is 0 Å². The molecule has 0 spiro atoms. The Balaban J connectivity index is 1.96. The van der Waals surface area contributed by atoms with Crippen LogP contribution in [-0.4, -0.2) is 12.7 Å². The van der Waals surface area contributed by atoms with Crippen molar-refractivity contribution in [2.45, 2.75) is 26.4 Å². The molecular formula is C12H16O. The van der Waals surface area contributed by atoms with Crippen molar-refractivity contribution in [2.24, 2.45) is 5.92 Å². The van der Waals surface area contributed by atoms with Crippen molar-refractivity contribution in [2.75, 3.05) is 6.61 Å². The molecule has 1 saturated heterocycles. The number of hydrogen-bond acceptors (Lipinski definition) is 1. The Morgan fingerprint density at radius 3 is 2.54 bits per heavy atom. The minimum atomic E-state index is 0.529. The fourth-order valence-electron chi connectivity index (χ4n) is 1.61. The summed E-state index contributed by atoms with van der Waals surface area (Å²) in [5.41, 5.74) is 2.76. The average molecular weight is 176 g/mol. The van der Waals surface area contributed by atoms with Gasteiger partial charge < -0.3 is 4.74 Å². The lowest BCUT2D eigenvalue weighted by Gasteiger charge is -2.07. The highest BCUT2D eigenvalue weighted by Gasteiger charge is 2.28. The van der Waals surface area contributed by atoms with E-state index in [0.29, 0.717) is 12.0 Å². The lowest BCUT2D eigenvalue weighted by atomic mass is 9.98. The predicted molar refractivity (Wildman–Crippen MR) is 53.8 cm³/mol. The van der Waals surface area contributed by atoms with Gasteiger partial charge in [0.05, 0.1) is 12.7 Å². The van der Waals surface area contributed by atoms with Crippen LogP contribution in [-0.2, 0) is 11.2 Å². The number of benzene rings is 1. The van der Waals surface area contributed by atoms with E-state index in [1.54, 1.807) is 0 Å². The second-order valence-electron chi connectivity index (χ2n) is 4.04. The number of epoxide rings is 1. The van der Waals surface area contributed by atoms with Crippen LogP contribution >= 0.6 is 0 Å². The maximum atomic E-state index is 5.27. The Hall–Kier alpha value is -0.820. The van der Waals surface area contributed by atoms with E-state index in [4.69, 9.17) is 4.74 Å². The molecule has 0 bridgehead atoms. The molecular weight excluding hydrogens is 160 g/mol. The first kappa shape index (κ1) is 8.76. The first-order chi connectivity index (χ1) is 6.25. The Labute approximate surface area is 79.7 Å². The fraction of sp³-hybridized carbons (Fsp3) is 0.500. The third-order valence-electron chi connectivity index (χ3n) is 2.67. The highest BCUT2D eigenvalue weighted by atomic mass is 16.6. The molecule has 1 aromatic rings. The number of rotatable bonds is 3.